The minimum atomic E-state index is -4.14. The summed E-state index contributed by atoms with van der Waals surface area (Å²) in [4.78, 5) is 22.5. The van der Waals surface area contributed by atoms with E-state index in [0.717, 1.165) is 5.56 Å². The normalized spacial score (nSPS) is 16.6. The van der Waals surface area contributed by atoms with Gasteiger partial charge in [-0.1, -0.05) is 25.1 Å². The molecule has 0 amide bonds. The van der Waals surface area contributed by atoms with Crippen LogP contribution in [0.5, 0.6) is 0 Å². The molecule has 9 nitrogen and oxygen atoms in total. The van der Waals surface area contributed by atoms with Crippen molar-refractivity contribution in [2.45, 2.75) is 13.3 Å². The first-order valence-electron chi connectivity index (χ1n) is 8.12. The van der Waals surface area contributed by atoms with Crippen molar-refractivity contribution in [2.75, 3.05) is 0 Å². The number of azo groups is 1. The highest BCUT2D eigenvalue weighted by molar-refractivity contribution is 7.92. The number of hydrogen-bond donors (Lipinski definition) is 2. The lowest BCUT2D eigenvalue weighted by Crippen LogP contribution is -2.14. The largest absolute Gasteiger partial charge is 0.293 e. The van der Waals surface area contributed by atoms with Crippen molar-refractivity contribution >= 4 is 32.1 Å². The molecule has 144 valence electrons. The van der Waals surface area contributed by atoms with Gasteiger partial charge in [0.1, 0.15) is 5.70 Å². The zero-order valence-electron chi connectivity index (χ0n) is 14.6. The highest BCUT2D eigenvalue weighted by Crippen LogP contribution is 2.31. The van der Waals surface area contributed by atoms with Crippen LogP contribution in [0, 0.1) is 10.1 Å². The number of carbonyl (C=O) groups excluding carboxylic acids is 1. The summed E-state index contributed by atoms with van der Waals surface area (Å²) >= 11 is 0. The van der Waals surface area contributed by atoms with Crippen LogP contribution >= 0.6 is 0 Å². The Morgan fingerprint density at radius 2 is 1.89 bits per heavy atom. The van der Waals surface area contributed by atoms with Crippen LogP contribution in [0.4, 0.5) is 11.4 Å². The van der Waals surface area contributed by atoms with Gasteiger partial charge in [0.25, 0.3) is 5.69 Å². The topological polar surface area (TPSA) is 142 Å². The van der Waals surface area contributed by atoms with Crippen molar-refractivity contribution in [2.24, 2.45) is 10.2 Å². The van der Waals surface area contributed by atoms with Crippen LogP contribution in [0.25, 0.3) is 0 Å². The first kappa shape index (κ1) is 19.5. The number of carbonyl (C=O) groups is 1. The summed E-state index contributed by atoms with van der Waals surface area (Å²) < 4.78 is 30.0. The number of rotatable bonds is 4. The first-order chi connectivity index (χ1) is 13.2. The molecule has 0 saturated carbocycles. The number of nitrogens with zero attached hydrogens (tertiary/aromatic N) is 3. The van der Waals surface area contributed by atoms with Gasteiger partial charge in [-0.05, 0) is 35.8 Å². The summed E-state index contributed by atoms with van der Waals surface area (Å²) in [5, 5.41) is 19.0. The third-order valence-electron chi connectivity index (χ3n) is 4.15. The van der Waals surface area contributed by atoms with Gasteiger partial charge in [-0.3, -0.25) is 24.0 Å². The summed E-state index contributed by atoms with van der Waals surface area (Å²) in [5.74, 6) is -0.429. The molecule has 28 heavy (non-hydrogen) atoms. The second kappa shape index (κ2) is 7.43. The Morgan fingerprint density at radius 1 is 1.14 bits per heavy atom. The number of nitro benzene ring substituents is 1. The quantitative estimate of drug-likeness (QED) is 0.342. The minimum Gasteiger partial charge on any atom is -0.293 e. The third kappa shape index (κ3) is 3.88. The fraction of sp³-hybridized carbons (Fsp3) is 0.111. The van der Waals surface area contributed by atoms with E-state index in [-0.39, 0.29) is 21.9 Å². The molecule has 1 aromatic rings. The second-order valence-electron chi connectivity index (χ2n) is 5.92. The van der Waals surface area contributed by atoms with Crippen LogP contribution in [0.2, 0.25) is 0 Å². The summed E-state index contributed by atoms with van der Waals surface area (Å²) in [6.45, 7) is 1.86. The fourth-order valence-electron chi connectivity index (χ4n) is 2.70. The van der Waals surface area contributed by atoms with E-state index in [9.17, 15) is 28.2 Å². The SMILES string of the molecule is CCc1ccc([N+](=O)[O-])cc1N=NC1=C2C=CC(=S(=O)(O)O)C=C2C=CC1=O. The Bertz CT molecular complexity index is 1160. The highest BCUT2D eigenvalue weighted by atomic mass is 32.2. The van der Waals surface area contributed by atoms with Gasteiger partial charge < -0.3 is 0 Å². The monoisotopic (exact) mass is 401 g/mol. The molecule has 0 bridgehead atoms. The molecule has 0 fully saturated rings. The van der Waals surface area contributed by atoms with E-state index in [1.54, 1.807) is 6.07 Å². The van der Waals surface area contributed by atoms with Gasteiger partial charge in [-0.25, -0.2) is 4.21 Å². The van der Waals surface area contributed by atoms with Crippen LogP contribution in [0.15, 0.2) is 75.7 Å². The third-order valence-corrected chi connectivity index (χ3v) is 5.02. The minimum absolute atomic E-state index is 0.0139. The van der Waals surface area contributed by atoms with Gasteiger partial charge in [0.05, 0.1) is 15.5 Å². The number of nitro groups is 1. The number of allylic oxidation sites excluding steroid dienone is 7. The lowest BCUT2D eigenvalue weighted by Gasteiger charge is -2.16. The lowest BCUT2D eigenvalue weighted by molar-refractivity contribution is -0.384. The Labute approximate surface area is 160 Å². The van der Waals surface area contributed by atoms with Gasteiger partial charge in [0.15, 0.2) is 0 Å². The van der Waals surface area contributed by atoms with Gasteiger partial charge >= 0.3 is 0 Å². The Balaban J connectivity index is 2.07. The van der Waals surface area contributed by atoms with Crippen LogP contribution < -0.4 is 0 Å². The number of ketones is 1. The number of aryl methyl sites for hydroxylation is 1. The van der Waals surface area contributed by atoms with Gasteiger partial charge in [-0.2, -0.15) is 0 Å². The highest BCUT2D eigenvalue weighted by Gasteiger charge is 2.22. The first-order valence-corrected chi connectivity index (χ1v) is 9.60. The predicted octanol–water partition coefficient (Wildman–Crippen LogP) is 3.53. The molecule has 1 aromatic carbocycles. The molecule has 0 spiro atoms. The molecule has 0 atom stereocenters. The number of fused-ring (bicyclic) bond motifs is 1. The van der Waals surface area contributed by atoms with E-state index in [1.807, 2.05) is 6.92 Å². The summed E-state index contributed by atoms with van der Waals surface area (Å²) in [6, 6.07) is 4.24. The molecular weight excluding hydrogens is 386 g/mol. The molecule has 0 unspecified atom stereocenters. The predicted molar refractivity (Wildman–Crippen MR) is 104 cm³/mol. The average molecular weight is 401 g/mol. The van der Waals surface area contributed by atoms with Crippen molar-refractivity contribution in [1.82, 2.24) is 0 Å². The van der Waals surface area contributed by atoms with E-state index >= 15 is 0 Å². The van der Waals surface area contributed by atoms with Crippen LogP contribution in [-0.4, -0.2) is 28.9 Å². The summed E-state index contributed by atoms with van der Waals surface area (Å²) in [6.07, 6.45) is 7.12. The molecule has 0 aliphatic heterocycles. The maximum Gasteiger partial charge on any atom is 0.271 e. The van der Waals surface area contributed by atoms with E-state index in [0.29, 0.717) is 17.6 Å². The maximum absolute atomic E-state index is 12.2. The molecule has 2 N–H and O–H groups in total. The van der Waals surface area contributed by atoms with Crippen molar-refractivity contribution in [3.63, 3.8) is 0 Å². The lowest BCUT2D eigenvalue weighted by atomic mass is 9.92. The van der Waals surface area contributed by atoms with Crippen molar-refractivity contribution < 1.29 is 23.0 Å². The van der Waals surface area contributed by atoms with Crippen LogP contribution in [-0.2, 0) is 21.3 Å². The number of benzene rings is 1. The molecule has 2 aliphatic rings. The van der Waals surface area contributed by atoms with Gasteiger partial charge in [0.2, 0.25) is 15.9 Å². The fourth-order valence-corrected chi connectivity index (χ4v) is 3.23. The standard InChI is InChI=1S/C18H15N3O6S/c1-2-11-3-5-13(21(23)24)10-16(11)19-20-18-15-7-6-14(28(25,26)27)9-12(15)4-8-17(18)22/h3-10H,2H2,1H3,(H2,25,26,27). The van der Waals surface area contributed by atoms with E-state index < -0.39 is 20.8 Å². The Hall–Kier alpha value is -3.21. The molecule has 2 aliphatic carbocycles. The zero-order valence-corrected chi connectivity index (χ0v) is 15.4. The Morgan fingerprint density at radius 3 is 2.54 bits per heavy atom. The van der Waals surface area contributed by atoms with Crippen molar-refractivity contribution in [1.29, 1.82) is 0 Å². The van der Waals surface area contributed by atoms with Crippen LogP contribution in [0.1, 0.15) is 12.5 Å². The van der Waals surface area contributed by atoms with Crippen LogP contribution in [0.3, 0.4) is 0 Å². The number of non-ortho nitro benzene ring substituents is 1. The molecule has 3 rings (SSSR count). The zero-order chi connectivity index (χ0) is 20.5. The van der Waals surface area contributed by atoms with Crippen molar-refractivity contribution in [3.8, 4) is 0 Å². The van der Waals surface area contributed by atoms with Gasteiger partial charge in [-0.15, -0.1) is 10.2 Å². The summed E-state index contributed by atoms with van der Waals surface area (Å²) in [7, 11) is -4.14. The van der Waals surface area contributed by atoms with Crippen molar-refractivity contribution in [3.05, 3.63) is 81.1 Å². The molecule has 10 heteroatoms. The molecule has 0 heterocycles. The average Bonchev–Trinajstić information content (AvgIpc) is 2.65. The molecule has 0 saturated heterocycles. The smallest absolute Gasteiger partial charge is 0.271 e. The van der Waals surface area contributed by atoms with E-state index in [2.05, 4.69) is 10.2 Å². The molecule has 0 aromatic heterocycles. The second-order valence-corrected chi connectivity index (χ2v) is 7.38. The maximum atomic E-state index is 12.2. The molecule has 0 radical (unpaired) electrons. The van der Waals surface area contributed by atoms with E-state index in [1.165, 1.54) is 42.5 Å². The number of hydrogen-bond acceptors (Lipinski definition) is 6. The van der Waals surface area contributed by atoms with E-state index in [4.69, 9.17) is 0 Å². The Kier molecular flexibility index (Phi) is 5.18. The van der Waals surface area contributed by atoms with Gasteiger partial charge in [0, 0.05) is 17.7 Å². The molecular formula is C18H15N3O6S. The summed E-state index contributed by atoms with van der Waals surface area (Å²) in [5.41, 5.74) is 1.63.